The van der Waals surface area contributed by atoms with Crippen molar-refractivity contribution < 1.29 is 5.11 Å². The predicted molar refractivity (Wildman–Crippen MR) is 65.8 cm³/mol. The standard InChI is InChI=1S/C14H26O/c1-5-6-11(2)7-12-8-13(15)10-14(3,4)9-12/h8,11,13,15H,5-7,9-10H2,1-4H3. The van der Waals surface area contributed by atoms with E-state index in [1.807, 2.05) is 0 Å². The van der Waals surface area contributed by atoms with Crippen LogP contribution >= 0.6 is 0 Å². The first-order valence-corrected chi connectivity index (χ1v) is 6.30. The highest BCUT2D eigenvalue weighted by atomic mass is 16.3. The van der Waals surface area contributed by atoms with Crippen LogP contribution in [0.25, 0.3) is 0 Å². The average Bonchev–Trinajstić information content (AvgIpc) is 1.99. The maximum atomic E-state index is 9.78. The molecule has 2 atom stereocenters. The molecule has 1 aliphatic rings. The Balaban J connectivity index is 2.54. The van der Waals surface area contributed by atoms with Gasteiger partial charge in [0.25, 0.3) is 0 Å². The summed E-state index contributed by atoms with van der Waals surface area (Å²) in [4.78, 5) is 0. The Labute approximate surface area is 94.6 Å². The first-order valence-electron chi connectivity index (χ1n) is 6.30. The summed E-state index contributed by atoms with van der Waals surface area (Å²) in [7, 11) is 0. The van der Waals surface area contributed by atoms with E-state index in [-0.39, 0.29) is 11.5 Å². The zero-order valence-electron chi connectivity index (χ0n) is 10.7. The third-order valence-corrected chi connectivity index (χ3v) is 3.29. The normalized spacial score (nSPS) is 27.3. The number of hydrogen-bond donors (Lipinski definition) is 1. The van der Waals surface area contributed by atoms with Crippen molar-refractivity contribution in [2.75, 3.05) is 0 Å². The van der Waals surface area contributed by atoms with Gasteiger partial charge in [-0.25, -0.2) is 0 Å². The van der Waals surface area contributed by atoms with Gasteiger partial charge in [-0.3, -0.25) is 0 Å². The van der Waals surface area contributed by atoms with Gasteiger partial charge in [0.15, 0.2) is 0 Å². The van der Waals surface area contributed by atoms with Crippen LogP contribution in [0.1, 0.15) is 59.8 Å². The topological polar surface area (TPSA) is 20.2 Å². The van der Waals surface area contributed by atoms with Crippen molar-refractivity contribution in [3.63, 3.8) is 0 Å². The van der Waals surface area contributed by atoms with Crippen LogP contribution in [0.5, 0.6) is 0 Å². The van der Waals surface area contributed by atoms with Crippen LogP contribution in [0, 0.1) is 11.3 Å². The van der Waals surface area contributed by atoms with Gasteiger partial charge in [-0.05, 0) is 30.6 Å². The van der Waals surface area contributed by atoms with Crippen molar-refractivity contribution in [1.82, 2.24) is 0 Å². The SMILES string of the molecule is CCCC(C)CC1=CC(O)CC(C)(C)C1. The second-order valence-electron chi connectivity index (χ2n) is 6.04. The van der Waals surface area contributed by atoms with E-state index < -0.39 is 0 Å². The molecule has 0 aliphatic heterocycles. The van der Waals surface area contributed by atoms with E-state index in [1.165, 1.54) is 24.8 Å². The fourth-order valence-corrected chi connectivity index (χ4v) is 2.83. The minimum atomic E-state index is -0.211. The summed E-state index contributed by atoms with van der Waals surface area (Å²) in [6, 6.07) is 0. The second kappa shape index (κ2) is 5.16. The van der Waals surface area contributed by atoms with Gasteiger partial charge in [-0.1, -0.05) is 52.2 Å². The van der Waals surface area contributed by atoms with Gasteiger partial charge in [-0.2, -0.15) is 0 Å². The summed E-state index contributed by atoms with van der Waals surface area (Å²) in [5.74, 6) is 0.766. The summed E-state index contributed by atoms with van der Waals surface area (Å²) in [5.41, 5.74) is 1.76. The Kier molecular flexibility index (Phi) is 4.39. The summed E-state index contributed by atoms with van der Waals surface area (Å²) in [6.07, 6.45) is 7.70. The molecule has 1 nitrogen and oxygen atoms in total. The molecule has 0 saturated heterocycles. The van der Waals surface area contributed by atoms with Crippen LogP contribution in [-0.4, -0.2) is 11.2 Å². The van der Waals surface area contributed by atoms with Crippen LogP contribution in [0.4, 0.5) is 0 Å². The predicted octanol–water partition coefficient (Wildman–Crippen LogP) is 3.92. The highest BCUT2D eigenvalue weighted by Crippen LogP contribution is 2.37. The number of aliphatic hydroxyl groups is 1. The van der Waals surface area contributed by atoms with E-state index in [1.54, 1.807) is 0 Å². The van der Waals surface area contributed by atoms with Gasteiger partial charge in [0, 0.05) is 0 Å². The molecule has 88 valence electrons. The van der Waals surface area contributed by atoms with Gasteiger partial charge in [0.2, 0.25) is 0 Å². The van der Waals surface area contributed by atoms with Crippen molar-refractivity contribution in [2.45, 2.75) is 65.9 Å². The van der Waals surface area contributed by atoms with Gasteiger partial charge in [-0.15, -0.1) is 0 Å². The smallest absolute Gasteiger partial charge is 0.0728 e. The fraction of sp³-hybridized carbons (Fsp3) is 0.857. The Hall–Kier alpha value is -0.300. The quantitative estimate of drug-likeness (QED) is 0.697. The lowest BCUT2D eigenvalue weighted by Gasteiger charge is -2.33. The molecule has 1 aliphatic carbocycles. The average molecular weight is 210 g/mol. The summed E-state index contributed by atoms with van der Waals surface area (Å²) in [5, 5.41) is 9.78. The lowest BCUT2D eigenvalue weighted by atomic mass is 9.74. The number of hydrogen-bond acceptors (Lipinski definition) is 1. The minimum absolute atomic E-state index is 0.211. The number of allylic oxidation sites excluding steroid dienone is 1. The van der Waals surface area contributed by atoms with Crippen molar-refractivity contribution in [2.24, 2.45) is 11.3 Å². The van der Waals surface area contributed by atoms with E-state index in [0.717, 1.165) is 18.8 Å². The molecule has 0 heterocycles. The minimum Gasteiger partial charge on any atom is -0.389 e. The Morgan fingerprint density at radius 1 is 1.53 bits per heavy atom. The molecular weight excluding hydrogens is 184 g/mol. The molecule has 0 aromatic carbocycles. The largest absolute Gasteiger partial charge is 0.389 e. The lowest BCUT2D eigenvalue weighted by Crippen LogP contribution is -2.25. The molecule has 0 fully saturated rings. The van der Waals surface area contributed by atoms with Crippen LogP contribution in [-0.2, 0) is 0 Å². The van der Waals surface area contributed by atoms with Crippen LogP contribution in [0.15, 0.2) is 11.6 Å². The van der Waals surface area contributed by atoms with Gasteiger partial charge >= 0.3 is 0 Å². The molecule has 0 bridgehead atoms. The molecule has 1 N–H and O–H groups in total. The summed E-state index contributed by atoms with van der Waals surface area (Å²) in [6.45, 7) is 9.07. The maximum absolute atomic E-state index is 9.78. The van der Waals surface area contributed by atoms with E-state index in [9.17, 15) is 5.11 Å². The third kappa shape index (κ3) is 4.38. The Bertz CT molecular complexity index is 227. The first-order chi connectivity index (χ1) is 6.93. The fourth-order valence-electron chi connectivity index (χ4n) is 2.83. The van der Waals surface area contributed by atoms with Crippen molar-refractivity contribution in [1.29, 1.82) is 0 Å². The van der Waals surface area contributed by atoms with Crippen LogP contribution in [0.3, 0.4) is 0 Å². The monoisotopic (exact) mass is 210 g/mol. The van der Waals surface area contributed by atoms with Gasteiger partial charge < -0.3 is 5.11 Å². The number of aliphatic hydroxyl groups excluding tert-OH is 1. The molecule has 15 heavy (non-hydrogen) atoms. The molecule has 0 radical (unpaired) electrons. The third-order valence-electron chi connectivity index (χ3n) is 3.29. The Morgan fingerprint density at radius 3 is 2.73 bits per heavy atom. The second-order valence-corrected chi connectivity index (χ2v) is 6.04. The van der Waals surface area contributed by atoms with E-state index in [0.29, 0.717) is 0 Å². The van der Waals surface area contributed by atoms with E-state index in [2.05, 4.69) is 33.8 Å². The van der Waals surface area contributed by atoms with Gasteiger partial charge in [0.05, 0.1) is 6.10 Å². The molecule has 0 aromatic rings. The molecule has 1 heteroatoms. The molecule has 2 unspecified atom stereocenters. The van der Waals surface area contributed by atoms with Crippen molar-refractivity contribution >= 4 is 0 Å². The zero-order chi connectivity index (χ0) is 11.5. The van der Waals surface area contributed by atoms with Crippen molar-refractivity contribution in [3.05, 3.63) is 11.6 Å². The van der Waals surface area contributed by atoms with E-state index in [4.69, 9.17) is 0 Å². The van der Waals surface area contributed by atoms with Crippen molar-refractivity contribution in [3.8, 4) is 0 Å². The highest BCUT2D eigenvalue weighted by Gasteiger charge is 2.27. The molecule has 0 amide bonds. The molecule has 0 aromatic heterocycles. The maximum Gasteiger partial charge on any atom is 0.0728 e. The van der Waals surface area contributed by atoms with Crippen LogP contribution in [0.2, 0.25) is 0 Å². The highest BCUT2D eigenvalue weighted by molar-refractivity contribution is 5.13. The lowest BCUT2D eigenvalue weighted by molar-refractivity contribution is 0.136. The molecule has 1 rings (SSSR count). The number of rotatable bonds is 4. The van der Waals surface area contributed by atoms with E-state index >= 15 is 0 Å². The molecule has 0 spiro atoms. The molecule has 0 saturated carbocycles. The Morgan fingerprint density at radius 2 is 2.20 bits per heavy atom. The van der Waals surface area contributed by atoms with Gasteiger partial charge in [0.1, 0.15) is 0 Å². The zero-order valence-corrected chi connectivity index (χ0v) is 10.7. The summed E-state index contributed by atoms with van der Waals surface area (Å²) < 4.78 is 0. The summed E-state index contributed by atoms with van der Waals surface area (Å²) >= 11 is 0. The van der Waals surface area contributed by atoms with Crippen LogP contribution < -0.4 is 0 Å². The molecular formula is C14H26O. The first kappa shape index (κ1) is 12.8.